The van der Waals surface area contributed by atoms with E-state index in [2.05, 4.69) is 57.1 Å². The number of likely N-dealkylation sites (tertiary alicyclic amines) is 2. The van der Waals surface area contributed by atoms with Crippen LogP contribution in [0, 0.1) is 40.9 Å². The molecule has 13 rings (SSSR count). The van der Waals surface area contributed by atoms with Gasteiger partial charge in [-0.05, 0) is 193 Å². The molecule has 4 saturated heterocycles. The van der Waals surface area contributed by atoms with E-state index in [1.807, 2.05) is 82.2 Å². The lowest BCUT2D eigenvalue weighted by atomic mass is 9.77. The standard InChI is InChI=1S/C36H50ClN3O7.C25H34ClN3O6.C20H26ClN3O4.C17H20ClN3O4/c1-9-11-12-14-22-15-13-18-36(22,6)47-29(41)20-25(35(3,4)5)33(42)40-21-28(24(10-2)30(40)34(43)45-8)46-32-31(37)38-26-17-16-23(44-7)19-27(26)39-32;1-9-15-18(33-21-20(26)27-16-11-10-14(32-8)12-17(16)28-21)13-29(23(31)35-25(5,6)7)19(15)22(30)34-24(2,3)4;1-6-12-15(10-22-16(12)19(25)28-20(2,3)4)27-18-17(21)23-13-8-7-11(26-5)9-14(13)24-18;1-4-10-13(8-19-14(10)17(22)24-3)25-16-15(18)20-11-6-5-9(23-2)7-12(11)21-16/h9,16-17,19,22,24-25,28,30H,1,10-15,18,20-21H2,2-8H3;10-12,15,18-19H,9,13H2,1-8H3;7-9,12,15-16,22H,6,10H2,1-5H3;5-7,10,13-14,19H,4,8H2,1-3H3/t22-,24-,25-,28+,30+,36-;15-,18+,19+;12-,15+,16+;10-,13+,14+/m1111/s1. The number of carbonyl (C=O) groups excluding carboxylic acids is 7. The van der Waals surface area contributed by atoms with Crippen molar-refractivity contribution in [3.63, 3.8) is 0 Å². The number of benzene rings is 4. The second-order valence-corrected chi connectivity index (χ2v) is 39.7. The molecule has 33 nitrogen and oxygen atoms in total. The van der Waals surface area contributed by atoms with Crippen molar-refractivity contribution in [1.29, 1.82) is 0 Å². The Morgan fingerprint density at radius 3 is 1.17 bits per heavy atom. The van der Waals surface area contributed by atoms with Gasteiger partial charge in [-0.1, -0.05) is 101 Å². The summed E-state index contributed by atoms with van der Waals surface area (Å²) in [6, 6.07) is 18.6. The minimum absolute atomic E-state index is 0.0358. The monoisotopic (exact) mass is 1950 g/mol. The van der Waals surface area contributed by atoms with E-state index >= 15 is 0 Å². The number of halogens is 4. The summed E-state index contributed by atoms with van der Waals surface area (Å²) >= 11 is 25.4. The maximum absolute atomic E-state index is 14.5. The lowest BCUT2D eigenvalue weighted by Gasteiger charge is -2.36. The molecule has 37 heteroatoms. The van der Waals surface area contributed by atoms with Crippen LogP contribution in [0.1, 0.15) is 188 Å². The minimum atomic E-state index is -0.919. The second kappa shape index (κ2) is 46.1. The molecule has 4 aromatic heterocycles. The molecule has 4 aliphatic heterocycles. The van der Waals surface area contributed by atoms with Crippen molar-refractivity contribution in [3.8, 4) is 46.5 Å². The van der Waals surface area contributed by atoms with Gasteiger partial charge in [-0.2, -0.15) is 0 Å². The van der Waals surface area contributed by atoms with Gasteiger partial charge in [0.15, 0.2) is 20.6 Å². The normalized spacial score (nSPS) is 22.9. The molecule has 1 saturated carbocycles. The molecular formula is C98H130Cl4N12O21. The van der Waals surface area contributed by atoms with Crippen molar-refractivity contribution in [1.82, 2.24) is 60.3 Å². The van der Waals surface area contributed by atoms with Crippen LogP contribution in [0.5, 0.6) is 46.5 Å². The number of hydrogen-bond donors (Lipinski definition) is 2. The van der Waals surface area contributed by atoms with Crippen molar-refractivity contribution < 1.29 is 99.9 Å². The van der Waals surface area contributed by atoms with Gasteiger partial charge in [0.25, 0.3) is 23.5 Å². The Bertz CT molecular complexity index is 5520. The van der Waals surface area contributed by atoms with E-state index in [9.17, 15) is 33.6 Å². The van der Waals surface area contributed by atoms with E-state index in [-0.39, 0.29) is 117 Å². The lowest BCUT2D eigenvalue weighted by molar-refractivity contribution is -0.167. The highest BCUT2D eigenvalue weighted by atomic mass is 35.5. The first-order chi connectivity index (χ1) is 63.8. The number of hydrogen-bond acceptors (Lipinski definition) is 31. The second-order valence-electron chi connectivity index (χ2n) is 38.2. The van der Waals surface area contributed by atoms with Crippen LogP contribution in [0.25, 0.3) is 44.1 Å². The maximum atomic E-state index is 14.5. The number of rotatable bonds is 28. The van der Waals surface area contributed by atoms with Crippen molar-refractivity contribution >= 4 is 132 Å². The lowest BCUT2D eigenvalue weighted by Crippen LogP contribution is -2.49. The van der Waals surface area contributed by atoms with Crippen molar-refractivity contribution in [3.05, 3.63) is 106 Å². The zero-order chi connectivity index (χ0) is 99.1. The first-order valence-corrected chi connectivity index (χ1v) is 47.2. The van der Waals surface area contributed by atoms with Crippen LogP contribution >= 0.6 is 46.4 Å². The predicted octanol–water partition coefficient (Wildman–Crippen LogP) is 17.6. The molecule has 8 aromatic rings. The Labute approximate surface area is 809 Å². The Balaban J connectivity index is 0.000000192. The number of nitrogens with one attached hydrogen (secondary N) is 2. The first-order valence-electron chi connectivity index (χ1n) is 45.7. The number of fused-ring (bicyclic) bond motifs is 4. The van der Waals surface area contributed by atoms with Crippen molar-refractivity contribution in [2.45, 2.75) is 259 Å². The molecule has 736 valence electrons. The zero-order valence-electron chi connectivity index (χ0n) is 81.5. The summed E-state index contributed by atoms with van der Waals surface area (Å²) in [6.07, 6.45) is 7.71. The summed E-state index contributed by atoms with van der Waals surface area (Å²) < 4.78 is 78.7. The van der Waals surface area contributed by atoms with Crippen LogP contribution in [0.4, 0.5) is 4.79 Å². The van der Waals surface area contributed by atoms with Gasteiger partial charge in [-0.25, -0.2) is 54.3 Å². The number of unbranched alkanes of at least 4 members (excludes halogenated alkanes) is 1. The molecule has 5 fully saturated rings. The van der Waals surface area contributed by atoms with E-state index in [1.54, 1.807) is 143 Å². The Morgan fingerprint density at radius 2 is 0.822 bits per heavy atom. The number of carbonyl (C=O) groups is 7. The molecule has 2 amide bonds. The van der Waals surface area contributed by atoms with Crippen molar-refractivity contribution in [2.75, 3.05) is 68.8 Å². The van der Waals surface area contributed by atoms with E-state index in [0.29, 0.717) is 93.1 Å². The van der Waals surface area contributed by atoms with Gasteiger partial charge in [-0.15, -0.1) is 6.58 Å². The largest absolute Gasteiger partial charge is 0.497 e. The van der Waals surface area contributed by atoms with E-state index in [4.69, 9.17) is 113 Å². The Morgan fingerprint density at radius 1 is 0.467 bits per heavy atom. The van der Waals surface area contributed by atoms with Crippen LogP contribution in [0.3, 0.4) is 0 Å². The Kier molecular flexibility index (Phi) is 36.4. The molecule has 8 heterocycles. The molecule has 1 aliphatic carbocycles. The molecular weight excluding hydrogens is 1820 g/mol. The number of aromatic nitrogens is 8. The summed E-state index contributed by atoms with van der Waals surface area (Å²) in [4.78, 5) is 131. The predicted molar refractivity (Wildman–Crippen MR) is 512 cm³/mol. The highest BCUT2D eigenvalue weighted by molar-refractivity contribution is 6.32. The van der Waals surface area contributed by atoms with E-state index < -0.39 is 100 Å². The number of ether oxygens (including phenoxy) is 14. The molecule has 2 N–H and O–H groups in total. The highest BCUT2D eigenvalue weighted by Crippen LogP contribution is 2.45. The number of nitrogens with zero attached hydrogens (tertiary/aromatic N) is 10. The highest BCUT2D eigenvalue weighted by Gasteiger charge is 2.55. The molecule has 15 atom stereocenters. The average molecular weight is 1950 g/mol. The maximum Gasteiger partial charge on any atom is 0.411 e. The first kappa shape index (κ1) is 107. The van der Waals surface area contributed by atoms with Crippen molar-refractivity contribution in [2.24, 2.45) is 40.9 Å². The van der Waals surface area contributed by atoms with Gasteiger partial charge in [-0.3, -0.25) is 24.1 Å². The third-order valence-electron chi connectivity index (χ3n) is 24.4. The van der Waals surface area contributed by atoms with Gasteiger partial charge < -0.3 is 81.8 Å². The van der Waals surface area contributed by atoms with Gasteiger partial charge in [0, 0.05) is 61.0 Å². The molecule has 4 aromatic carbocycles. The van der Waals surface area contributed by atoms with Crippen LogP contribution in [-0.2, 0) is 57.2 Å². The minimum Gasteiger partial charge on any atom is -0.497 e. The van der Waals surface area contributed by atoms with Gasteiger partial charge in [0.1, 0.15) is 94.0 Å². The fourth-order valence-corrected chi connectivity index (χ4v) is 18.4. The number of methoxy groups -OCH3 is 6. The Hall–Kier alpha value is -10.5. The van der Waals surface area contributed by atoms with Crippen LogP contribution in [-0.4, -0.2) is 231 Å². The molecule has 0 bridgehead atoms. The fourth-order valence-electron chi connectivity index (χ4n) is 17.7. The topological polar surface area (TPSA) is 382 Å². The molecule has 0 unspecified atom stereocenters. The third-order valence-corrected chi connectivity index (χ3v) is 25.4. The van der Waals surface area contributed by atoms with Crippen LogP contribution < -0.4 is 48.5 Å². The summed E-state index contributed by atoms with van der Waals surface area (Å²) in [7, 11) is 8.99. The number of allylic oxidation sites excluding steroid dienone is 1. The molecule has 135 heavy (non-hydrogen) atoms. The quantitative estimate of drug-likeness (QED) is 0.0199. The summed E-state index contributed by atoms with van der Waals surface area (Å²) in [5, 5.41) is 6.88. The van der Waals surface area contributed by atoms with Crippen LogP contribution in [0.2, 0.25) is 20.6 Å². The van der Waals surface area contributed by atoms with Gasteiger partial charge in [0.2, 0.25) is 5.91 Å². The molecule has 0 spiro atoms. The smallest absolute Gasteiger partial charge is 0.411 e. The SMILES string of the molecule is C=CCCC[C@@H]1CCC[C@@]1(C)OC(=O)C[C@H](C(=O)N1C[C@H](Oc2nc3cc(OC)ccc3nc2Cl)[C@@H](CC)[C@H]1C(=O)OC)C(C)(C)C.CC[C@@H]1[C@@H](Oc2nc3cc(OC)ccc3nc2Cl)CN(C(=O)OC(C)(C)C)[C@@H]1C(=O)OC(C)(C)C.CC[C@@H]1[C@@H](Oc2nc3cc(OC)ccc3nc2Cl)CN[C@@H]1C(=O)OC.CC[C@@H]1[C@@H](Oc2nc3cc(OC)ccc3nc2Cl)CN[C@@H]1C(=O)OC(C)(C)C. The number of esters is 5. The average Bonchev–Trinajstić information content (AvgIpc) is 1.44. The summed E-state index contributed by atoms with van der Waals surface area (Å²) in [6.45, 7) is 36.9. The van der Waals surface area contributed by atoms with Crippen LogP contribution in [0.15, 0.2) is 85.5 Å². The molecule has 0 radical (unpaired) electrons. The van der Waals surface area contributed by atoms with Gasteiger partial charge in [0.05, 0.1) is 112 Å². The van der Waals surface area contributed by atoms with E-state index in [1.165, 1.54) is 24.0 Å². The number of amides is 2. The fraction of sp³-hybridized carbons (Fsp3) is 0.582. The third kappa shape index (κ3) is 27.1. The zero-order valence-corrected chi connectivity index (χ0v) is 84.5. The summed E-state index contributed by atoms with van der Waals surface area (Å²) in [5.41, 5.74) is 1.62. The van der Waals surface area contributed by atoms with E-state index in [0.717, 1.165) is 51.4 Å². The molecule has 5 aliphatic rings. The van der Waals surface area contributed by atoms with Gasteiger partial charge >= 0.3 is 35.9 Å². The summed E-state index contributed by atoms with van der Waals surface area (Å²) in [5.74, 6) is -0.456.